The van der Waals surface area contributed by atoms with Crippen LogP contribution < -0.4 is 5.32 Å². The molecule has 0 saturated carbocycles. The number of aryl methyl sites for hydroxylation is 1. The number of aromatic hydroxyl groups is 1. The van der Waals surface area contributed by atoms with E-state index in [1.165, 1.54) is 0 Å². The Morgan fingerprint density at radius 3 is 3.06 bits per heavy atom. The highest BCUT2D eigenvalue weighted by atomic mass is 16.4. The van der Waals surface area contributed by atoms with E-state index in [4.69, 9.17) is 5.11 Å². The highest BCUT2D eigenvalue weighted by Crippen LogP contribution is 2.21. The van der Waals surface area contributed by atoms with Gasteiger partial charge in [0.2, 0.25) is 0 Å². The lowest BCUT2D eigenvalue weighted by Crippen LogP contribution is -2.54. The normalized spacial score (nSPS) is 20.8. The van der Waals surface area contributed by atoms with Crippen molar-refractivity contribution in [3.63, 3.8) is 0 Å². The van der Waals surface area contributed by atoms with Gasteiger partial charge in [-0.15, -0.1) is 0 Å². The predicted octanol–water partition coefficient (Wildman–Crippen LogP) is 0.559. The number of benzene rings is 1. The van der Waals surface area contributed by atoms with Gasteiger partial charge in [0, 0.05) is 31.7 Å². The molecule has 3 N–H and O–H groups in total. The highest BCUT2D eigenvalue weighted by Gasteiger charge is 2.28. The van der Waals surface area contributed by atoms with Crippen LogP contribution in [0.4, 0.5) is 0 Å². The first-order chi connectivity index (χ1) is 8.58. The summed E-state index contributed by atoms with van der Waals surface area (Å²) in [5.41, 5.74) is 1.84. The number of nitrogens with one attached hydrogen (secondary N) is 1. The third-order valence-corrected chi connectivity index (χ3v) is 3.25. The van der Waals surface area contributed by atoms with Crippen LogP contribution in [0.3, 0.4) is 0 Å². The average molecular weight is 250 g/mol. The summed E-state index contributed by atoms with van der Waals surface area (Å²) >= 11 is 0. The summed E-state index contributed by atoms with van der Waals surface area (Å²) in [6.07, 6.45) is 0. The van der Waals surface area contributed by atoms with Crippen LogP contribution in [0, 0.1) is 6.92 Å². The summed E-state index contributed by atoms with van der Waals surface area (Å²) in [5, 5.41) is 22.0. The summed E-state index contributed by atoms with van der Waals surface area (Å²) in [5.74, 6) is -0.599. The molecule has 0 spiro atoms. The van der Waals surface area contributed by atoms with Crippen molar-refractivity contribution in [2.45, 2.75) is 19.5 Å². The van der Waals surface area contributed by atoms with E-state index in [1.54, 1.807) is 6.07 Å². The van der Waals surface area contributed by atoms with Crippen molar-refractivity contribution in [2.24, 2.45) is 0 Å². The maximum atomic E-state index is 11.2. The standard InChI is InChI=1S/C13H18N2O3/c1-9-2-3-12(16)10(6-9)8-15-5-4-14-7-11(15)13(17)18/h2-3,6,11,14,16H,4-5,7-8H2,1H3,(H,17,18). The Balaban J connectivity index is 2.15. The molecule has 5 nitrogen and oxygen atoms in total. The van der Waals surface area contributed by atoms with E-state index < -0.39 is 12.0 Å². The average Bonchev–Trinajstić information content (AvgIpc) is 2.34. The Kier molecular flexibility index (Phi) is 3.84. The van der Waals surface area contributed by atoms with E-state index in [0.717, 1.165) is 17.7 Å². The number of phenolic OH excluding ortho intramolecular Hbond substituents is 1. The zero-order valence-electron chi connectivity index (χ0n) is 10.4. The van der Waals surface area contributed by atoms with Crippen molar-refractivity contribution in [2.75, 3.05) is 19.6 Å². The van der Waals surface area contributed by atoms with E-state index >= 15 is 0 Å². The van der Waals surface area contributed by atoms with Gasteiger partial charge in [-0.2, -0.15) is 0 Å². The van der Waals surface area contributed by atoms with Crippen molar-refractivity contribution in [3.05, 3.63) is 29.3 Å². The number of phenols is 1. The second-order valence-corrected chi connectivity index (χ2v) is 4.66. The smallest absolute Gasteiger partial charge is 0.322 e. The molecule has 0 radical (unpaired) electrons. The molecule has 1 saturated heterocycles. The van der Waals surface area contributed by atoms with Gasteiger partial charge in [-0.1, -0.05) is 17.7 Å². The second kappa shape index (κ2) is 5.37. The van der Waals surface area contributed by atoms with Gasteiger partial charge in [0.05, 0.1) is 0 Å². The van der Waals surface area contributed by atoms with Gasteiger partial charge in [-0.25, -0.2) is 0 Å². The molecular weight excluding hydrogens is 232 g/mol. The Hall–Kier alpha value is -1.59. The number of piperazine rings is 1. The van der Waals surface area contributed by atoms with Crippen LogP contribution in [0.1, 0.15) is 11.1 Å². The van der Waals surface area contributed by atoms with Crippen molar-refractivity contribution in [1.82, 2.24) is 10.2 Å². The molecule has 18 heavy (non-hydrogen) atoms. The summed E-state index contributed by atoms with van der Waals surface area (Å²) < 4.78 is 0. The molecule has 98 valence electrons. The Bertz CT molecular complexity index is 448. The van der Waals surface area contributed by atoms with Crippen LogP contribution in [-0.2, 0) is 11.3 Å². The molecule has 1 fully saturated rings. The highest BCUT2D eigenvalue weighted by molar-refractivity contribution is 5.74. The third kappa shape index (κ3) is 2.80. The molecule has 1 unspecified atom stereocenters. The molecule has 1 aromatic carbocycles. The molecule has 0 amide bonds. The van der Waals surface area contributed by atoms with Crippen LogP contribution in [0.5, 0.6) is 5.75 Å². The minimum absolute atomic E-state index is 0.225. The monoisotopic (exact) mass is 250 g/mol. The lowest BCUT2D eigenvalue weighted by molar-refractivity contribution is -0.144. The van der Waals surface area contributed by atoms with Gasteiger partial charge in [-0.05, 0) is 13.0 Å². The number of carboxylic acid groups (broad SMARTS) is 1. The van der Waals surface area contributed by atoms with E-state index in [-0.39, 0.29) is 5.75 Å². The van der Waals surface area contributed by atoms with Gasteiger partial charge < -0.3 is 15.5 Å². The molecule has 0 aliphatic carbocycles. The molecule has 1 aliphatic heterocycles. The van der Waals surface area contributed by atoms with Crippen molar-refractivity contribution >= 4 is 5.97 Å². The first-order valence-electron chi connectivity index (χ1n) is 6.04. The fourth-order valence-electron chi connectivity index (χ4n) is 2.24. The van der Waals surface area contributed by atoms with Crippen LogP contribution in [0.15, 0.2) is 18.2 Å². The molecule has 2 rings (SSSR count). The molecular formula is C13H18N2O3. The van der Waals surface area contributed by atoms with Crippen LogP contribution in [0.2, 0.25) is 0 Å². The Morgan fingerprint density at radius 1 is 1.56 bits per heavy atom. The summed E-state index contributed by atoms with van der Waals surface area (Å²) in [6.45, 7) is 4.31. The van der Waals surface area contributed by atoms with Gasteiger partial charge in [0.25, 0.3) is 0 Å². The lowest BCUT2D eigenvalue weighted by Gasteiger charge is -2.33. The molecule has 5 heteroatoms. The number of nitrogens with zero attached hydrogens (tertiary/aromatic N) is 1. The Labute approximate surface area is 106 Å². The van der Waals surface area contributed by atoms with Crippen molar-refractivity contribution < 1.29 is 15.0 Å². The van der Waals surface area contributed by atoms with E-state index in [9.17, 15) is 9.90 Å². The van der Waals surface area contributed by atoms with Crippen molar-refractivity contribution in [1.29, 1.82) is 0 Å². The minimum atomic E-state index is -0.825. The summed E-state index contributed by atoms with van der Waals surface area (Å²) in [4.78, 5) is 13.0. The van der Waals surface area contributed by atoms with E-state index in [2.05, 4.69) is 5.32 Å². The third-order valence-electron chi connectivity index (χ3n) is 3.25. The first kappa shape index (κ1) is 12.9. The fraction of sp³-hybridized carbons (Fsp3) is 0.462. The van der Waals surface area contributed by atoms with Gasteiger partial charge in [-0.3, -0.25) is 9.69 Å². The summed E-state index contributed by atoms with van der Waals surface area (Å²) in [6, 6.07) is 4.86. The second-order valence-electron chi connectivity index (χ2n) is 4.66. The molecule has 0 bridgehead atoms. The molecule has 0 aromatic heterocycles. The number of hydrogen-bond acceptors (Lipinski definition) is 4. The number of aliphatic carboxylic acids is 1. The number of rotatable bonds is 3. The number of hydrogen-bond donors (Lipinski definition) is 3. The quantitative estimate of drug-likeness (QED) is 0.731. The molecule has 1 heterocycles. The number of carbonyl (C=O) groups is 1. The SMILES string of the molecule is Cc1ccc(O)c(CN2CCNCC2C(=O)O)c1. The lowest BCUT2D eigenvalue weighted by atomic mass is 10.1. The topological polar surface area (TPSA) is 72.8 Å². The van der Waals surface area contributed by atoms with Gasteiger partial charge >= 0.3 is 5.97 Å². The Morgan fingerprint density at radius 2 is 2.33 bits per heavy atom. The van der Waals surface area contributed by atoms with Gasteiger partial charge in [0.1, 0.15) is 11.8 Å². The summed E-state index contributed by atoms with van der Waals surface area (Å²) in [7, 11) is 0. The van der Waals surface area contributed by atoms with Gasteiger partial charge in [0.15, 0.2) is 0 Å². The van der Waals surface area contributed by atoms with E-state index in [0.29, 0.717) is 19.6 Å². The maximum Gasteiger partial charge on any atom is 0.322 e. The molecule has 1 aliphatic rings. The molecule has 1 aromatic rings. The van der Waals surface area contributed by atoms with Crippen LogP contribution in [0.25, 0.3) is 0 Å². The maximum absolute atomic E-state index is 11.2. The number of carboxylic acids is 1. The zero-order valence-corrected chi connectivity index (χ0v) is 10.4. The molecule has 1 atom stereocenters. The van der Waals surface area contributed by atoms with Crippen molar-refractivity contribution in [3.8, 4) is 5.75 Å². The fourth-order valence-corrected chi connectivity index (χ4v) is 2.24. The van der Waals surface area contributed by atoms with Crippen LogP contribution >= 0.6 is 0 Å². The first-order valence-corrected chi connectivity index (χ1v) is 6.04. The van der Waals surface area contributed by atoms with E-state index in [1.807, 2.05) is 24.0 Å². The largest absolute Gasteiger partial charge is 0.508 e. The predicted molar refractivity (Wildman–Crippen MR) is 67.5 cm³/mol. The zero-order chi connectivity index (χ0) is 13.1. The minimum Gasteiger partial charge on any atom is -0.508 e. The van der Waals surface area contributed by atoms with Crippen LogP contribution in [-0.4, -0.2) is 46.8 Å².